The summed E-state index contributed by atoms with van der Waals surface area (Å²) in [7, 11) is 0. The molecule has 0 fully saturated rings. The summed E-state index contributed by atoms with van der Waals surface area (Å²) in [6.45, 7) is 0. The Morgan fingerprint density at radius 2 is 1.04 bits per heavy atom. The van der Waals surface area contributed by atoms with Gasteiger partial charge >= 0.3 is 0 Å². The molecule has 3 heterocycles. The zero-order chi connectivity index (χ0) is 35.8. The van der Waals surface area contributed by atoms with Gasteiger partial charge in [-0.1, -0.05) is 127 Å². The van der Waals surface area contributed by atoms with Gasteiger partial charge in [0.1, 0.15) is 11.2 Å². The molecule has 0 saturated heterocycles. The highest BCUT2D eigenvalue weighted by atomic mass is 16.3. The van der Waals surface area contributed by atoms with E-state index in [4.69, 9.17) is 4.42 Å². The number of rotatable bonds is 3. The Hall–Kier alpha value is -7.36. The molecule has 0 saturated carbocycles. The SMILES string of the molecule is c1ccc(-c2cccc(-n3c4ccc5c6ccccc6oc5c4c4c3ccc3c5ccccc5n(-c5cc6c7c(cccc7c5)-c5ccccc5-6)c34)c2)cc1. The van der Waals surface area contributed by atoms with Crippen LogP contribution in [0.3, 0.4) is 0 Å². The third-order valence-corrected chi connectivity index (χ3v) is 12.0. The molecule has 0 aliphatic heterocycles. The summed E-state index contributed by atoms with van der Waals surface area (Å²) >= 11 is 0. The van der Waals surface area contributed by atoms with Crippen LogP contribution >= 0.6 is 0 Å². The number of nitrogens with zero attached hydrogens (tertiary/aromatic N) is 2. The molecule has 254 valence electrons. The first-order valence-electron chi connectivity index (χ1n) is 18.9. The first-order valence-corrected chi connectivity index (χ1v) is 18.9. The predicted octanol–water partition coefficient (Wildman–Crippen LogP) is 14.2. The third kappa shape index (κ3) is 3.84. The number of hydrogen-bond acceptors (Lipinski definition) is 1. The molecule has 3 aromatic heterocycles. The molecule has 0 amide bonds. The minimum Gasteiger partial charge on any atom is -0.455 e. The number of furan rings is 1. The molecule has 0 unspecified atom stereocenters. The molecule has 0 spiro atoms. The van der Waals surface area contributed by atoms with Crippen molar-refractivity contribution in [3.63, 3.8) is 0 Å². The van der Waals surface area contributed by atoms with Crippen LogP contribution in [0.5, 0.6) is 0 Å². The molecular formula is C52H30N2O. The standard InChI is InChI=1S/C52H30N2O/c1-2-12-31(13-3-1)32-14-10-16-34(28-32)53-45-26-24-41-38-19-6-8-22-44(38)54(35-29-33-15-11-21-40-36-17-4-5-18-37(36)43(30-35)48(33)40)51(41)49(45)50-46(53)27-25-42-39-20-7-9-23-47(39)55-52(42)50/h1-30H. The molecule has 0 bridgehead atoms. The van der Waals surface area contributed by atoms with Crippen LogP contribution in [0.15, 0.2) is 186 Å². The molecular weight excluding hydrogens is 669 g/mol. The molecule has 9 aromatic carbocycles. The van der Waals surface area contributed by atoms with Crippen LogP contribution in [0.1, 0.15) is 0 Å². The third-order valence-electron chi connectivity index (χ3n) is 12.0. The predicted molar refractivity (Wildman–Crippen MR) is 230 cm³/mol. The molecule has 13 rings (SSSR count). The van der Waals surface area contributed by atoms with E-state index in [1.54, 1.807) is 0 Å². The van der Waals surface area contributed by atoms with Gasteiger partial charge in [0, 0.05) is 38.3 Å². The van der Waals surface area contributed by atoms with Gasteiger partial charge in [0.2, 0.25) is 0 Å². The van der Waals surface area contributed by atoms with Crippen LogP contribution < -0.4 is 0 Å². The van der Waals surface area contributed by atoms with Crippen LogP contribution in [-0.2, 0) is 0 Å². The van der Waals surface area contributed by atoms with Gasteiger partial charge < -0.3 is 13.6 Å². The second kappa shape index (κ2) is 10.6. The first kappa shape index (κ1) is 29.1. The Morgan fingerprint density at radius 1 is 0.345 bits per heavy atom. The number of fused-ring (bicyclic) bond motifs is 14. The Labute approximate surface area is 315 Å². The highest BCUT2D eigenvalue weighted by Gasteiger charge is 2.26. The zero-order valence-electron chi connectivity index (χ0n) is 29.6. The summed E-state index contributed by atoms with van der Waals surface area (Å²) in [4.78, 5) is 0. The van der Waals surface area contributed by atoms with Gasteiger partial charge in [0.05, 0.1) is 27.5 Å². The molecule has 0 N–H and O–H groups in total. The fourth-order valence-corrected chi connectivity index (χ4v) is 9.75. The van der Waals surface area contributed by atoms with Gasteiger partial charge in [-0.3, -0.25) is 0 Å². The minimum absolute atomic E-state index is 0.900. The van der Waals surface area contributed by atoms with Crippen LogP contribution in [0.2, 0.25) is 0 Å². The molecule has 0 atom stereocenters. The average Bonchev–Trinajstić information content (AvgIpc) is 3.98. The molecule has 3 heteroatoms. The van der Waals surface area contributed by atoms with E-state index in [0.29, 0.717) is 0 Å². The highest BCUT2D eigenvalue weighted by Crippen LogP contribution is 2.50. The quantitative estimate of drug-likeness (QED) is 0.180. The maximum absolute atomic E-state index is 6.90. The van der Waals surface area contributed by atoms with Crippen LogP contribution in [0.4, 0.5) is 0 Å². The average molecular weight is 699 g/mol. The lowest BCUT2D eigenvalue weighted by atomic mass is 10.0. The van der Waals surface area contributed by atoms with E-state index in [9.17, 15) is 0 Å². The summed E-state index contributed by atoms with van der Waals surface area (Å²) in [6, 6.07) is 66.4. The second-order valence-corrected chi connectivity index (χ2v) is 14.8. The summed E-state index contributed by atoms with van der Waals surface area (Å²) in [5.41, 5.74) is 16.3. The Morgan fingerprint density at radius 3 is 1.93 bits per heavy atom. The fraction of sp³-hybridized carbons (Fsp3) is 0. The van der Waals surface area contributed by atoms with Crippen LogP contribution in [-0.4, -0.2) is 9.13 Å². The smallest absolute Gasteiger partial charge is 0.145 e. The van der Waals surface area contributed by atoms with Gasteiger partial charge in [0.25, 0.3) is 0 Å². The first-order chi connectivity index (χ1) is 27.3. The van der Waals surface area contributed by atoms with Crippen molar-refractivity contribution in [3.8, 4) is 44.8 Å². The van der Waals surface area contributed by atoms with E-state index in [2.05, 4.69) is 191 Å². The van der Waals surface area contributed by atoms with Crippen molar-refractivity contribution in [2.75, 3.05) is 0 Å². The van der Waals surface area contributed by atoms with Crippen LogP contribution in [0, 0.1) is 0 Å². The fourth-order valence-electron chi connectivity index (χ4n) is 9.75. The monoisotopic (exact) mass is 698 g/mol. The maximum Gasteiger partial charge on any atom is 0.145 e. The highest BCUT2D eigenvalue weighted by molar-refractivity contribution is 6.32. The summed E-state index contributed by atoms with van der Waals surface area (Å²) < 4.78 is 11.9. The normalized spacial score (nSPS) is 12.4. The van der Waals surface area contributed by atoms with Crippen molar-refractivity contribution >= 4 is 76.3 Å². The van der Waals surface area contributed by atoms with Gasteiger partial charge in [-0.2, -0.15) is 0 Å². The molecule has 12 aromatic rings. The lowest BCUT2D eigenvalue weighted by molar-refractivity contribution is 0.673. The summed E-state index contributed by atoms with van der Waals surface area (Å²) in [5.74, 6) is 0. The molecule has 1 aliphatic carbocycles. The van der Waals surface area contributed by atoms with Crippen molar-refractivity contribution in [1.82, 2.24) is 9.13 Å². The van der Waals surface area contributed by atoms with Gasteiger partial charge in [-0.15, -0.1) is 0 Å². The Balaban J connectivity index is 1.22. The number of aromatic nitrogens is 2. The molecule has 0 radical (unpaired) electrons. The van der Waals surface area contributed by atoms with E-state index < -0.39 is 0 Å². The van der Waals surface area contributed by atoms with Gasteiger partial charge in [-0.25, -0.2) is 0 Å². The molecule has 3 nitrogen and oxygen atoms in total. The summed E-state index contributed by atoms with van der Waals surface area (Å²) in [6.07, 6.45) is 0. The Bertz CT molecular complexity index is 3600. The second-order valence-electron chi connectivity index (χ2n) is 14.8. The number of hydrogen-bond donors (Lipinski definition) is 0. The van der Waals surface area contributed by atoms with Crippen molar-refractivity contribution in [1.29, 1.82) is 0 Å². The van der Waals surface area contributed by atoms with Gasteiger partial charge in [0.15, 0.2) is 0 Å². The maximum atomic E-state index is 6.90. The van der Waals surface area contributed by atoms with Crippen molar-refractivity contribution in [2.45, 2.75) is 0 Å². The van der Waals surface area contributed by atoms with Crippen molar-refractivity contribution in [3.05, 3.63) is 182 Å². The number of para-hydroxylation sites is 2. The minimum atomic E-state index is 0.900. The van der Waals surface area contributed by atoms with Crippen LogP contribution in [0.25, 0.3) is 121 Å². The van der Waals surface area contributed by atoms with E-state index >= 15 is 0 Å². The lowest BCUT2D eigenvalue weighted by Gasteiger charge is -2.13. The largest absolute Gasteiger partial charge is 0.455 e. The topological polar surface area (TPSA) is 23.0 Å². The van der Waals surface area contributed by atoms with E-state index in [0.717, 1.165) is 49.7 Å². The lowest BCUT2D eigenvalue weighted by Crippen LogP contribution is -1.96. The van der Waals surface area contributed by atoms with Gasteiger partial charge in [-0.05, 0) is 98.8 Å². The Kier molecular flexibility index (Phi) is 5.63. The number of benzene rings is 9. The van der Waals surface area contributed by atoms with Crippen molar-refractivity contribution < 1.29 is 4.42 Å². The molecule has 55 heavy (non-hydrogen) atoms. The summed E-state index contributed by atoms with van der Waals surface area (Å²) in [5, 5.41) is 9.60. The van der Waals surface area contributed by atoms with E-state index in [1.165, 1.54) is 71.3 Å². The van der Waals surface area contributed by atoms with E-state index in [1.807, 2.05) is 0 Å². The molecule has 1 aliphatic rings. The zero-order valence-corrected chi connectivity index (χ0v) is 29.6. The van der Waals surface area contributed by atoms with Crippen molar-refractivity contribution in [2.24, 2.45) is 0 Å². The van der Waals surface area contributed by atoms with E-state index in [-0.39, 0.29) is 0 Å².